The van der Waals surface area contributed by atoms with Gasteiger partial charge in [0.25, 0.3) is 0 Å². The second kappa shape index (κ2) is 1.84. The molecule has 4 heteroatoms. The first-order chi connectivity index (χ1) is 4.77. The molecule has 2 aliphatic rings. The summed E-state index contributed by atoms with van der Waals surface area (Å²) in [7, 11) is 0. The Morgan fingerprint density at radius 3 is 2.60 bits per heavy atom. The van der Waals surface area contributed by atoms with Crippen LogP contribution in [0.5, 0.6) is 0 Å². The molecule has 0 aromatic rings. The van der Waals surface area contributed by atoms with Crippen molar-refractivity contribution in [1.82, 2.24) is 5.01 Å². The van der Waals surface area contributed by atoms with Gasteiger partial charge in [-0.15, -0.1) is 5.01 Å². The summed E-state index contributed by atoms with van der Waals surface area (Å²) in [6.07, 6.45) is 3.29. The van der Waals surface area contributed by atoms with Gasteiger partial charge in [-0.1, -0.05) is 0 Å². The Morgan fingerprint density at radius 2 is 2.30 bits per heavy atom. The van der Waals surface area contributed by atoms with Gasteiger partial charge in [-0.3, -0.25) is 0 Å². The van der Waals surface area contributed by atoms with Crippen LogP contribution in [0.15, 0.2) is 0 Å². The molecule has 1 saturated heterocycles. The molecule has 56 valence electrons. The first kappa shape index (κ1) is 5.95. The van der Waals surface area contributed by atoms with Crippen molar-refractivity contribution in [3.8, 4) is 0 Å². The molecule has 0 aromatic heterocycles. The van der Waals surface area contributed by atoms with E-state index in [9.17, 15) is 10.1 Å². The van der Waals surface area contributed by atoms with Gasteiger partial charge in [0.1, 0.15) is 0 Å². The van der Waals surface area contributed by atoms with E-state index in [1.807, 2.05) is 0 Å². The molecular weight excluding hydrogens is 132 g/mol. The van der Waals surface area contributed by atoms with E-state index in [1.54, 1.807) is 0 Å². The second-order valence-corrected chi connectivity index (χ2v) is 3.19. The van der Waals surface area contributed by atoms with E-state index in [-0.39, 0.29) is 11.1 Å². The zero-order valence-corrected chi connectivity index (χ0v) is 5.69. The summed E-state index contributed by atoms with van der Waals surface area (Å²) in [6.45, 7) is 0.692. The number of nitrogens with zero attached hydrogens (tertiary/aromatic N) is 2. The van der Waals surface area contributed by atoms with Crippen molar-refractivity contribution in [2.75, 3.05) is 6.54 Å². The van der Waals surface area contributed by atoms with E-state index in [0.717, 1.165) is 12.8 Å². The van der Waals surface area contributed by atoms with Crippen LogP contribution in [0.4, 0.5) is 0 Å². The van der Waals surface area contributed by atoms with E-state index < -0.39 is 0 Å². The van der Waals surface area contributed by atoms with Gasteiger partial charge in [-0.2, -0.15) is 0 Å². The van der Waals surface area contributed by atoms with Crippen LogP contribution in [0.1, 0.15) is 19.3 Å². The Labute approximate surface area is 58.9 Å². The molecule has 0 radical (unpaired) electrons. The first-order valence-electron chi connectivity index (χ1n) is 3.68. The van der Waals surface area contributed by atoms with E-state index in [4.69, 9.17) is 0 Å². The SMILES string of the molecule is O=[N+]([O-])N1CC2CCC1C2. The smallest absolute Gasteiger partial charge is 0.160 e. The fraction of sp³-hybridized carbons (Fsp3) is 1.00. The first-order valence-corrected chi connectivity index (χ1v) is 3.68. The van der Waals surface area contributed by atoms with Gasteiger partial charge in [0.15, 0.2) is 5.03 Å². The van der Waals surface area contributed by atoms with Crippen LogP contribution < -0.4 is 0 Å². The van der Waals surface area contributed by atoms with Crippen molar-refractivity contribution >= 4 is 0 Å². The molecule has 2 unspecified atom stereocenters. The minimum absolute atomic E-state index is 0.246. The van der Waals surface area contributed by atoms with Gasteiger partial charge < -0.3 is 0 Å². The predicted octanol–water partition coefficient (Wildman–Crippen LogP) is 0.662. The second-order valence-electron chi connectivity index (χ2n) is 3.19. The lowest BCUT2D eigenvalue weighted by atomic mass is 10.1. The lowest BCUT2D eigenvalue weighted by Gasteiger charge is -2.17. The van der Waals surface area contributed by atoms with Gasteiger partial charge in [0.05, 0.1) is 12.6 Å². The van der Waals surface area contributed by atoms with Crippen LogP contribution in [0.3, 0.4) is 0 Å². The summed E-state index contributed by atoms with van der Waals surface area (Å²) in [5.41, 5.74) is 0. The van der Waals surface area contributed by atoms with Crippen LogP contribution in [0.25, 0.3) is 0 Å². The fourth-order valence-corrected chi connectivity index (χ4v) is 2.10. The number of nitro groups is 1. The Bertz CT molecular complexity index is 171. The van der Waals surface area contributed by atoms with Crippen LogP contribution in [0, 0.1) is 16.0 Å². The Hall–Kier alpha value is -0.800. The molecule has 10 heavy (non-hydrogen) atoms. The number of fused-ring (bicyclic) bond motifs is 2. The highest BCUT2D eigenvalue weighted by Gasteiger charge is 2.43. The third-order valence-electron chi connectivity index (χ3n) is 2.59. The highest BCUT2D eigenvalue weighted by molar-refractivity contribution is 4.88. The number of hydrogen-bond donors (Lipinski definition) is 0. The average Bonchev–Trinajstić information content (AvgIpc) is 2.44. The van der Waals surface area contributed by atoms with Crippen LogP contribution >= 0.6 is 0 Å². The van der Waals surface area contributed by atoms with Gasteiger partial charge in [0, 0.05) is 0 Å². The monoisotopic (exact) mass is 142 g/mol. The van der Waals surface area contributed by atoms with Gasteiger partial charge >= 0.3 is 0 Å². The zero-order valence-electron chi connectivity index (χ0n) is 5.69. The lowest BCUT2D eigenvalue weighted by molar-refractivity contribution is -0.661. The van der Waals surface area contributed by atoms with E-state index >= 15 is 0 Å². The zero-order chi connectivity index (χ0) is 7.14. The number of hydrogen-bond acceptors (Lipinski definition) is 2. The molecule has 0 spiro atoms. The maximum absolute atomic E-state index is 10.3. The quantitative estimate of drug-likeness (QED) is 0.399. The summed E-state index contributed by atoms with van der Waals surface area (Å²) >= 11 is 0. The standard InChI is InChI=1S/C6H10N2O2/c9-8(10)7-4-5-1-2-6(7)3-5/h5-6H,1-4H2. The highest BCUT2D eigenvalue weighted by atomic mass is 16.7. The molecular formula is C6H10N2O2. The molecule has 2 atom stereocenters. The Balaban J connectivity index is 2.08. The Morgan fingerprint density at radius 1 is 1.50 bits per heavy atom. The number of hydrazine groups is 1. The van der Waals surface area contributed by atoms with Crippen LogP contribution in [-0.4, -0.2) is 22.6 Å². The third-order valence-corrected chi connectivity index (χ3v) is 2.59. The summed E-state index contributed by atoms with van der Waals surface area (Å²) in [5, 5.41) is 11.5. The molecule has 4 nitrogen and oxygen atoms in total. The van der Waals surface area contributed by atoms with Gasteiger partial charge in [0.2, 0.25) is 0 Å². The summed E-state index contributed by atoms with van der Waals surface area (Å²) in [5.74, 6) is 0.621. The Kier molecular flexibility index (Phi) is 1.09. The van der Waals surface area contributed by atoms with Crippen LogP contribution in [0.2, 0.25) is 0 Å². The molecule has 0 aromatic carbocycles. The van der Waals surface area contributed by atoms with E-state index in [2.05, 4.69) is 0 Å². The highest BCUT2D eigenvalue weighted by Crippen LogP contribution is 2.36. The molecule has 1 heterocycles. The van der Waals surface area contributed by atoms with E-state index in [0.29, 0.717) is 12.5 Å². The largest absolute Gasteiger partial charge is 0.235 e. The fourth-order valence-electron chi connectivity index (χ4n) is 2.10. The number of rotatable bonds is 1. The van der Waals surface area contributed by atoms with Crippen LogP contribution in [-0.2, 0) is 0 Å². The van der Waals surface area contributed by atoms with Crippen molar-refractivity contribution in [3.63, 3.8) is 0 Å². The van der Waals surface area contributed by atoms with Crippen molar-refractivity contribution in [3.05, 3.63) is 10.1 Å². The molecule has 2 bridgehead atoms. The molecule has 0 amide bonds. The molecule has 1 aliphatic heterocycles. The maximum Gasteiger partial charge on any atom is 0.160 e. The van der Waals surface area contributed by atoms with E-state index in [1.165, 1.54) is 11.4 Å². The minimum atomic E-state index is -0.246. The molecule has 2 rings (SSSR count). The minimum Gasteiger partial charge on any atom is -0.235 e. The third kappa shape index (κ3) is 0.678. The maximum atomic E-state index is 10.3. The molecule has 1 saturated carbocycles. The average molecular weight is 142 g/mol. The number of piperidine rings is 1. The van der Waals surface area contributed by atoms with Crippen molar-refractivity contribution in [2.24, 2.45) is 5.92 Å². The topological polar surface area (TPSA) is 46.4 Å². The van der Waals surface area contributed by atoms with Crippen molar-refractivity contribution < 1.29 is 5.03 Å². The van der Waals surface area contributed by atoms with Crippen molar-refractivity contribution in [1.29, 1.82) is 0 Å². The van der Waals surface area contributed by atoms with Crippen molar-refractivity contribution in [2.45, 2.75) is 25.3 Å². The molecule has 1 aliphatic carbocycles. The summed E-state index contributed by atoms with van der Waals surface area (Å²) < 4.78 is 0. The summed E-state index contributed by atoms with van der Waals surface area (Å²) in [6, 6.07) is 0.264. The normalized spacial score (nSPS) is 37.0. The molecule has 0 N–H and O–H groups in total. The lowest BCUT2D eigenvalue weighted by Crippen LogP contribution is -2.36. The molecule has 2 fully saturated rings. The van der Waals surface area contributed by atoms with Gasteiger partial charge in [-0.25, -0.2) is 10.1 Å². The predicted molar refractivity (Wildman–Crippen MR) is 34.8 cm³/mol. The summed E-state index contributed by atoms with van der Waals surface area (Å²) in [4.78, 5) is 10.3. The van der Waals surface area contributed by atoms with Gasteiger partial charge in [-0.05, 0) is 25.2 Å².